The van der Waals surface area contributed by atoms with Crippen molar-refractivity contribution in [3.05, 3.63) is 64.2 Å². The summed E-state index contributed by atoms with van der Waals surface area (Å²) in [6.45, 7) is 7.48. The first-order chi connectivity index (χ1) is 15.8. The number of likely N-dealkylation sites (N-methyl/N-ethyl adjacent to an activating group) is 1. The molecule has 0 bridgehead atoms. The van der Waals surface area contributed by atoms with Crippen molar-refractivity contribution in [3.63, 3.8) is 0 Å². The van der Waals surface area contributed by atoms with Crippen molar-refractivity contribution in [2.75, 3.05) is 43.4 Å². The number of benzene rings is 2. The molecule has 0 aliphatic carbocycles. The Labute approximate surface area is 192 Å². The summed E-state index contributed by atoms with van der Waals surface area (Å²) < 4.78 is 16.3. The van der Waals surface area contributed by atoms with Gasteiger partial charge in [-0.05, 0) is 43.3 Å². The molecule has 2 aromatic carbocycles. The zero-order valence-corrected chi connectivity index (χ0v) is 19.1. The van der Waals surface area contributed by atoms with Crippen molar-refractivity contribution in [1.82, 2.24) is 9.47 Å². The van der Waals surface area contributed by atoms with E-state index in [1.807, 2.05) is 25.8 Å². The molecule has 1 amide bonds. The zero-order valence-electron chi connectivity index (χ0n) is 19.1. The Balaban J connectivity index is 1.66. The van der Waals surface area contributed by atoms with Gasteiger partial charge in [-0.25, -0.2) is 4.39 Å². The second kappa shape index (κ2) is 9.23. The van der Waals surface area contributed by atoms with Crippen molar-refractivity contribution < 1.29 is 14.3 Å². The molecule has 33 heavy (non-hydrogen) atoms. The van der Waals surface area contributed by atoms with Gasteiger partial charge in [0.25, 0.3) is 11.5 Å². The summed E-state index contributed by atoms with van der Waals surface area (Å²) in [6.07, 6.45) is 0. The largest absolute Gasteiger partial charge is 0.506 e. The van der Waals surface area contributed by atoms with Gasteiger partial charge in [0.05, 0.1) is 11.2 Å². The third-order valence-corrected chi connectivity index (χ3v) is 5.97. The molecule has 0 spiro atoms. The Morgan fingerprint density at radius 2 is 1.82 bits per heavy atom. The molecule has 1 aliphatic rings. The molecule has 0 unspecified atom stereocenters. The predicted octanol–water partition coefficient (Wildman–Crippen LogP) is 3.51. The summed E-state index contributed by atoms with van der Waals surface area (Å²) in [5.41, 5.74) is 0.337. The molecule has 2 heterocycles. The highest BCUT2D eigenvalue weighted by Crippen LogP contribution is 2.28. The number of rotatable bonds is 5. The van der Waals surface area contributed by atoms with Gasteiger partial charge < -0.3 is 24.8 Å². The predicted molar refractivity (Wildman–Crippen MR) is 129 cm³/mol. The number of piperazine rings is 1. The minimum Gasteiger partial charge on any atom is -0.506 e. The van der Waals surface area contributed by atoms with Crippen molar-refractivity contribution >= 4 is 28.2 Å². The summed E-state index contributed by atoms with van der Waals surface area (Å²) in [4.78, 5) is 30.4. The number of halogens is 1. The zero-order chi connectivity index (χ0) is 23.7. The average Bonchev–Trinajstić information content (AvgIpc) is 2.77. The summed E-state index contributed by atoms with van der Waals surface area (Å²) in [7, 11) is 2.03. The molecule has 2 N–H and O–H groups in total. The lowest BCUT2D eigenvalue weighted by Crippen LogP contribution is -2.44. The third kappa shape index (κ3) is 4.57. The number of aromatic hydroxyl groups is 1. The van der Waals surface area contributed by atoms with E-state index in [0.717, 1.165) is 26.2 Å². The number of amides is 1. The first-order valence-corrected chi connectivity index (χ1v) is 11.1. The molecule has 1 aromatic heterocycles. The van der Waals surface area contributed by atoms with E-state index >= 15 is 0 Å². The first kappa shape index (κ1) is 22.8. The Morgan fingerprint density at radius 3 is 2.48 bits per heavy atom. The smallest absolute Gasteiger partial charge is 0.267 e. The van der Waals surface area contributed by atoms with Crippen molar-refractivity contribution in [2.24, 2.45) is 5.92 Å². The molecule has 3 aromatic rings. The van der Waals surface area contributed by atoms with E-state index in [1.165, 1.54) is 10.6 Å². The van der Waals surface area contributed by atoms with Crippen LogP contribution in [-0.4, -0.2) is 53.7 Å². The molecule has 1 saturated heterocycles. The summed E-state index contributed by atoms with van der Waals surface area (Å²) >= 11 is 0. The number of pyridine rings is 1. The standard InChI is InChI=1S/C25H29FN4O3/c1-16(2)15-30-20-7-5-4-6-18(20)23(31)22(25(30)33)24(32)27-17-8-9-21(19(26)14-17)29-12-10-28(3)11-13-29/h4-9,14,16,31H,10-13,15H2,1-3H3,(H,27,32). The Kier molecular flexibility index (Phi) is 6.37. The molecule has 0 saturated carbocycles. The average molecular weight is 453 g/mol. The SMILES string of the molecule is CC(C)Cn1c(=O)c(C(=O)Nc2ccc(N3CCN(C)CC3)c(F)c2)c(O)c2ccccc21. The molecule has 1 aliphatic heterocycles. The Bertz CT molecular complexity index is 1250. The monoisotopic (exact) mass is 452 g/mol. The van der Waals surface area contributed by atoms with Gasteiger partial charge in [0.15, 0.2) is 0 Å². The quantitative estimate of drug-likeness (QED) is 0.620. The van der Waals surface area contributed by atoms with Gasteiger partial charge in [0.2, 0.25) is 0 Å². The number of nitrogens with one attached hydrogen (secondary N) is 1. The van der Waals surface area contributed by atoms with Crippen LogP contribution in [0.2, 0.25) is 0 Å². The van der Waals surface area contributed by atoms with Crippen LogP contribution in [0.4, 0.5) is 15.8 Å². The van der Waals surface area contributed by atoms with E-state index < -0.39 is 17.3 Å². The number of para-hydroxylation sites is 1. The number of carbonyl (C=O) groups excluding carboxylic acids is 1. The van der Waals surface area contributed by atoms with Crippen LogP contribution >= 0.6 is 0 Å². The Hall–Kier alpha value is -3.39. The van der Waals surface area contributed by atoms with Gasteiger partial charge in [0, 0.05) is 43.8 Å². The molecule has 0 atom stereocenters. The molecule has 174 valence electrons. The lowest BCUT2D eigenvalue weighted by Gasteiger charge is -2.34. The number of carbonyl (C=O) groups is 1. The van der Waals surface area contributed by atoms with Crippen LogP contribution in [0, 0.1) is 11.7 Å². The van der Waals surface area contributed by atoms with Gasteiger partial charge in [-0.2, -0.15) is 0 Å². The van der Waals surface area contributed by atoms with Gasteiger partial charge >= 0.3 is 0 Å². The molecule has 4 rings (SSSR count). The number of fused-ring (bicyclic) bond motifs is 1. The van der Waals surface area contributed by atoms with Crippen molar-refractivity contribution in [2.45, 2.75) is 20.4 Å². The molecule has 1 fully saturated rings. The lowest BCUT2D eigenvalue weighted by molar-refractivity contribution is 0.102. The molecular weight excluding hydrogens is 423 g/mol. The first-order valence-electron chi connectivity index (χ1n) is 11.1. The lowest BCUT2D eigenvalue weighted by atomic mass is 10.1. The van der Waals surface area contributed by atoms with E-state index in [9.17, 15) is 19.1 Å². The van der Waals surface area contributed by atoms with E-state index in [2.05, 4.69) is 10.2 Å². The number of aromatic nitrogens is 1. The second-order valence-corrected chi connectivity index (χ2v) is 8.96. The maximum atomic E-state index is 14.8. The number of hydrogen-bond donors (Lipinski definition) is 2. The Morgan fingerprint density at radius 1 is 1.12 bits per heavy atom. The number of nitrogens with zero attached hydrogens (tertiary/aromatic N) is 3. The summed E-state index contributed by atoms with van der Waals surface area (Å²) in [5, 5.41) is 13.8. The van der Waals surface area contributed by atoms with Crippen molar-refractivity contribution in [3.8, 4) is 5.75 Å². The van der Waals surface area contributed by atoms with E-state index in [-0.39, 0.29) is 22.9 Å². The van der Waals surface area contributed by atoms with Gasteiger partial charge in [-0.15, -0.1) is 0 Å². The van der Waals surface area contributed by atoms with Crippen LogP contribution in [0.15, 0.2) is 47.3 Å². The fraction of sp³-hybridized carbons (Fsp3) is 0.360. The van der Waals surface area contributed by atoms with Gasteiger partial charge in [-0.1, -0.05) is 26.0 Å². The van der Waals surface area contributed by atoms with E-state index in [1.54, 1.807) is 36.4 Å². The van der Waals surface area contributed by atoms with Gasteiger partial charge in [0.1, 0.15) is 17.1 Å². The van der Waals surface area contributed by atoms with Crippen LogP contribution < -0.4 is 15.8 Å². The molecular formula is C25H29FN4O3. The van der Waals surface area contributed by atoms with Crippen LogP contribution in [0.3, 0.4) is 0 Å². The second-order valence-electron chi connectivity index (χ2n) is 8.96. The van der Waals surface area contributed by atoms with Gasteiger partial charge in [-0.3, -0.25) is 9.59 Å². The normalized spacial score (nSPS) is 14.8. The topological polar surface area (TPSA) is 77.8 Å². The maximum absolute atomic E-state index is 14.8. The molecule has 8 heteroatoms. The van der Waals surface area contributed by atoms with Crippen LogP contribution in [-0.2, 0) is 6.54 Å². The van der Waals surface area contributed by atoms with Crippen LogP contribution in [0.25, 0.3) is 10.9 Å². The fourth-order valence-corrected chi connectivity index (χ4v) is 4.22. The maximum Gasteiger partial charge on any atom is 0.267 e. The summed E-state index contributed by atoms with van der Waals surface area (Å²) in [6, 6.07) is 11.4. The fourth-order valence-electron chi connectivity index (χ4n) is 4.22. The van der Waals surface area contributed by atoms with E-state index in [4.69, 9.17) is 0 Å². The van der Waals surface area contributed by atoms with Crippen LogP contribution in [0.1, 0.15) is 24.2 Å². The third-order valence-electron chi connectivity index (χ3n) is 5.97. The minimum atomic E-state index is -0.771. The summed E-state index contributed by atoms with van der Waals surface area (Å²) in [5.74, 6) is -1.43. The molecule has 7 nitrogen and oxygen atoms in total. The van der Waals surface area contributed by atoms with Crippen LogP contribution in [0.5, 0.6) is 5.75 Å². The number of hydrogen-bond acceptors (Lipinski definition) is 5. The molecule has 0 radical (unpaired) electrons. The highest BCUT2D eigenvalue weighted by atomic mass is 19.1. The minimum absolute atomic E-state index is 0.155. The number of anilines is 2. The van der Waals surface area contributed by atoms with Crippen molar-refractivity contribution in [1.29, 1.82) is 0 Å². The highest BCUT2D eigenvalue weighted by molar-refractivity contribution is 6.09. The highest BCUT2D eigenvalue weighted by Gasteiger charge is 2.23. The van der Waals surface area contributed by atoms with E-state index in [0.29, 0.717) is 23.1 Å².